The Morgan fingerprint density at radius 1 is 1.09 bits per heavy atom. The molecule has 10 heteroatoms. The number of imidazole rings is 1. The monoisotopic (exact) mass is 561 g/mol. The summed E-state index contributed by atoms with van der Waals surface area (Å²) in [5.41, 5.74) is 0.000460. The van der Waals surface area contributed by atoms with E-state index in [0.717, 1.165) is 23.5 Å². The van der Waals surface area contributed by atoms with Gasteiger partial charge in [0.1, 0.15) is 11.6 Å². The number of halogens is 5. The van der Waals surface area contributed by atoms with E-state index < -0.39 is 17.6 Å². The maximum atomic E-state index is 13.3. The summed E-state index contributed by atoms with van der Waals surface area (Å²) in [6.45, 7) is 3.12. The molecule has 0 atom stereocenters. The average molecular weight is 561 g/mol. The molecule has 1 aromatic heterocycles. The third kappa shape index (κ3) is 7.21. The van der Waals surface area contributed by atoms with Crippen LogP contribution in [0.2, 0.25) is 0 Å². The van der Waals surface area contributed by atoms with Crippen LogP contribution in [0, 0.1) is 5.82 Å². The van der Waals surface area contributed by atoms with Gasteiger partial charge < -0.3 is 15.2 Å². The lowest BCUT2D eigenvalue weighted by molar-refractivity contribution is -0.138. The van der Waals surface area contributed by atoms with Crippen molar-refractivity contribution in [3.8, 4) is 0 Å². The van der Waals surface area contributed by atoms with Gasteiger partial charge in [-0.05, 0) is 30.2 Å². The molecule has 0 spiro atoms. The molecular weight excluding hydrogens is 537 g/mol. The lowest BCUT2D eigenvalue weighted by Gasteiger charge is -2.14. The Labute approximate surface area is 201 Å². The number of aliphatic imine (C=N–C) groups is 1. The standard InChI is InChI=1S/C22H23F4N5.HI/c1-2-27-21(29-13-17-8-9-18(23)12-19(17)22(24,25)26)30-14-20-28-10-11-31(20)15-16-6-4-3-5-7-16;/h3-12H,2,13-15H2,1H3,(H2,27,29,30);1H. The van der Waals surface area contributed by atoms with Gasteiger partial charge >= 0.3 is 6.18 Å². The molecule has 0 aliphatic rings. The number of nitrogens with one attached hydrogen (secondary N) is 2. The predicted molar refractivity (Wildman–Crippen MR) is 126 cm³/mol. The van der Waals surface area contributed by atoms with Crippen LogP contribution in [0.4, 0.5) is 17.6 Å². The SMILES string of the molecule is CCNC(=NCc1ccc(F)cc1C(F)(F)F)NCc1nccn1Cc1ccccc1.I. The van der Waals surface area contributed by atoms with Crippen LogP contribution in [0.15, 0.2) is 65.9 Å². The molecule has 0 radical (unpaired) electrons. The second-order valence-corrected chi connectivity index (χ2v) is 6.80. The van der Waals surface area contributed by atoms with E-state index in [1.807, 2.05) is 48.0 Å². The third-order valence-corrected chi connectivity index (χ3v) is 4.54. The van der Waals surface area contributed by atoms with Crippen LogP contribution in [0.25, 0.3) is 0 Å². The second kappa shape index (κ2) is 11.8. The molecule has 0 aliphatic heterocycles. The molecule has 172 valence electrons. The summed E-state index contributed by atoms with van der Waals surface area (Å²) in [7, 11) is 0. The van der Waals surface area contributed by atoms with Gasteiger partial charge in [0.15, 0.2) is 5.96 Å². The fourth-order valence-electron chi connectivity index (χ4n) is 3.05. The molecule has 2 N–H and O–H groups in total. The molecule has 2 aromatic carbocycles. The number of alkyl halides is 3. The van der Waals surface area contributed by atoms with E-state index >= 15 is 0 Å². The number of guanidine groups is 1. The van der Waals surface area contributed by atoms with Crippen molar-refractivity contribution >= 4 is 29.9 Å². The van der Waals surface area contributed by atoms with Gasteiger partial charge in [0, 0.05) is 25.5 Å². The molecule has 0 aliphatic carbocycles. The second-order valence-electron chi connectivity index (χ2n) is 6.80. The first-order valence-electron chi connectivity index (χ1n) is 9.78. The Hall–Kier alpha value is -2.63. The first-order chi connectivity index (χ1) is 14.9. The quantitative estimate of drug-likeness (QED) is 0.186. The first-order valence-corrected chi connectivity index (χ1v) is 9.78. The number of benzene rings is 2. The zero-order valence-electron chi connectivity index (χ0n) is 17.4. The van der Waals surface area contributed by atoms with Gasteiger partial charge in [0.25, 0.3) is 0 Å². The zero-order chi connectivity index (χ0) is 22.3. The minimum Gasteiger partial charge on any atom is -0.357 e. The van der Waals surface area contributed by atoms with E-state index in [0.29, 0.717) is 31.7 Å². The largest absolute Gasteiger partial charge is 0.416 e. The molecule has 0 unspecified atom stereocenters. The minimum absolute atomic E-state index is 0. The Morgan fingerprint density at radius 2 is 1.84 bits per heavy atom. The molecule has 5 nitrogen and oxygen atoms in total. The molecule has 32 heavy (non-hydrogen) atoms. The highest BCUT2D eigenvalue weighted by Gasteiger charge is 2.33. The molecule has 0 fully saturated rings. The van der Waals surface area contributed by atoms with E-state index in [1.165, 1.54) is 0 Å². The van der Waals surface area contributed by atoms with Gasteiger partial charge in [-0.25, -0.2) is 14.4 Å². The van der Waals surface area contributed by atoms with E-state index in [2.05, 4.69) is 20.6 Å². The summed E-state index contributed by atoms with van der Waals surface area (Å²) in [6, 6.07) is 12.5. The van der Waals surface area contributed by atoms with Gasteiger partial charge in [0.2, 0.25) is 0 Å². The van der Waals surface area contributed by atoms with Gasteiger partial charge in [-0.1, -0.05) is 36.4 Å². The molecular formula is C22H24F4IN5. The van der Waals surface area contributed by atoms with Crippen LogP contribution in [-0.4, -0.2) is 22.1 Å². The van der Waals surface area contributed by atoms with Crippen LogP contribution in [-0.2, 0) is 25.8 Å². The number of rotatable bonds is 7. The van der Waals surface area contributed by atoms with E-state index in [-0.39, 0.29) is 36.1 Å². The number of aromatic nitrogens is 2. The molecule has 0 bridgehead atoms. The van der Waals surface area contributed by atoms with Gasteiger partial charge in [-0.15, -0.1) is 24.0 Å². The summed E-state index contributed by atoms with van der Waals surface area (Å²) >= 11 is 0. The molecule has 0 saturated heterocycles. The third-order valence-electron chi connectivity index (χ3n) is 4.54. The Kier molecular flexibility index (Phi) is 9.48. The summed E-state index contributed by atoms with van der Waals surface area (Å²) < 4.78 is 54.9. The fourth-order valence-corrected chi connectivity index (χ4v) is 3.05. The summed E-state index contributed by atoms with van der Waals surface area (Å²) in [4.78, 5) is 8.58. The Morgan fingerprint density at radius 3 is 2.53 bits per heavy atom. The van der Waals surface area contributed by atoms with Crippen LogP contribution in [0.1, 0.15) is 29.4 Å². The fraction of sp³-hybridized carbons (Fsp3) is 0.273. The Bertz CT molecular complexity index is 1020. The predicted octanol–water partition coefficient (Wildman–Crippen LogP) is 4.96. The van der Waals surface area contributed by atoms with Crippen molar-refractivity contribution in [2.75, 3.05) is 6.54 Å². The topological polar surface area (TPSA) is 54.2 Å². The van der Waals surface area contributed by atoms with Crippen molar-refractivity contribution in [1.82, 2.24) is 20.2 Å². The van der Waals surface area contributed by atoms with Crippen LogP contribution in [0.5, 0.6) is 0 Å². The lowest BCUT2D eigenvalue weighted by atomic mass is 10.1. The van der Waals surface area contributed by atoms with Crippen molar-refractivity contribution < 1.29 is 17.6 Å². The van der Waals surface area contributed by atoms with Crippen LogP contribution >= 0.6 is 24.0 Å². The summed E-state index contributed by atoms with van der Waals surface area (Å²) in [5.74, 6) is 0.164. The van der Waals surface area contributed by atoms with Crippen LogP contribution < -0.4 is 10.6 Å². The minimum atomic E-state index is -4.65. The van der Waals surface area contributed by atoms with E-state index in [9.17, 15) is 17.6 Å². The summed E-state index contributed by atoms with van der Waals surface area (Å²) in [5, 5.41) is 6.09. The maximum absolute atomic E-state index is 13.3. The Balaban J connectivity index is 0.00000363. The van der Waals surface area contributed by atoms with Crippen molar-refractivity contribution in [1.29, 1.82) is 0 Å². The number of nitrogens with zero attached hydrogens (tertiary/aromatic N) is 3. The summed E-state index contributed by atoms with van der Waals surface area (Å²) in [6.07, 6.45) is -1.10. The first kappa shape index (κ1) is 25.6. The van der Waals surface area contributed by atoms with E-state index in [4.69, 9.17) is 0 Å². The smallest absolute Gasteiger partial charge is 0.357 e. The van der Waals surface area contributed by atoms with Crippen molar-refractivity contribution in [3.05, 3.63) is 89.3 Å². The molecule has 3 aromatic rings. The molecule has 0 saturated carbocycles. The average Bonchev–Trinajstić information content (AvgIpc) is 3.17. The highest BCUT2D eigenvalue weighted by Crippen LogP contribution is 2.32. The van der Waals surface area contributed by atoms with Crippen LogP contribution in [0.3, 0.4) is 0 Å². The van der Waals surface area contributed by atoms with Crippen molar-refractivity contribution in [3.63, 3.8) is 0 Å². The normalized spacial score (nSPS) is 11.7. The van der Waals surface area contributed by atoms with E-state index in [1.54, 1.807) is 6.20 Å². The molecule has 0 amide bonds. The number of hydrogen-bond acceptors (Lipinski definition) is 2. The van der Waals surface area contributed by atoms with Crippen molar-refractivity contribution in [2.45, 2.75) is 32.7 Å². The zero-order valence-corrected chi connectivity index (χ0v) is 19.7. The highest BCUT2D eigenvalue weighted by atomic mass is 127. The van der Waals surface area contributed by atoms with Gasteiger partial charge in [0.05, 0.1) is 18.7 Å². The van der Waals surface area contributed by atoms with Gasteiger partial charge in [-0.2, -0.15) is 13.2 Å². The maximum Gasteiger partial charge on any atom is 0.416 e. The molecule has 3 rings (SSSR count). The lowest BCUT2D eigenvalue weighted by Crippen LogP contribution is -2.37. The molecule has 1 heterocycles. The van der Waals surface area contributed by atoms with Crippen molar-refractivity contribution in [2.24, 2.45) is 4.99 Å². The highest BCUT2D eigenvalue weighted by molar-refractivity contribution is 14.0. The number of hydrogen-bond donors (Lipinski definition) is 2. The van der Waals surface area contributed by atoms with Gasteiger partial charge in [-0.3, -0.25) is 0 Å².